The molecule has 0 fully saturated rings. The number of ether oxygens (including phenoxy) is 1. The van der Waals surface area contributed by atoms with Gasteiger partial charge < -0.3 is 4.74 Å². The van der Waals surface area contributed by atoms with Gasteiger partial charge in [-0.1, -0.05) is 89.5 Å². The quantitative estimate of drug-likeness (QED) is 0.170. The molecule has 0 saturated heterocycles. The second-order valence-electron chi connectivity index (χ2n) is 6.60. The highest BCUT2D eigenvalue weighted by atomic mass is 16.5. The maximum absolute atomic E-state index is 11.6. The largest absolute Gasteiger partial charge is 0.465 e. The standard InChI is InChI=1S/C22H40O2/c1-4-7-10-11-13-19-22(23)24-20-15-14-18-21(16-9-6-3)17-12-8-5-2/h14,17-18H,4-13,15-16,19-20H2,1-3H3/b18-14+,21-17+. The Morgan fingerprint density at radius 3 is 2.21 bits per heavy atom. The number of carbonyl (C=O) groups is 1. The minimum absolute atomic E-state index is 0.0374. The fourth-order valence-corrected chi connectivity index (χ4v) is 2.55. The Morgan fingerprint density at radius 2 is 1.50 bits per heavy atom. The number of esters is 1. The maximum Gasteiger partial charge on any atom is 0.305 e. The van der Waals surface area contributed by atoms with Crippen molar-refractivity contribution < 1.29 is 9.53 Å². The van der Waals surface area contributed by atoms with Gasteiger partial charge in [0.2, 0.25) is 0 Å². The second-order valence-corrected chi connectivity index (χ2v) is 6.60. The number of carbonyl (C=O) groups excluding carboxylic acids is 1. The van der Waals surface area contributed by atoms with E-state index in [9.17, 15) is 4.79 Å². The lowest BCUT2D eigenvalue weighted by atomic mass is 10.1. The Hall–Kier alpha value is -1.05. The lowest BCUT2D eigenvalue weighted by Crippen LogP contribution is -2.05. The molecule has 0 aliphatic carbocycles. The first-order chi connectivity index (χ1) is 11.7. The first-order valence-electron chi connectivity index (χ1n) is 10.3. The molecule has 0 aromatic rings. The number of hydrogen-bond donors (Lipinski definition) is 0. The molecule has 2 heteroatoms. The molecule has 0 heterocycles. The van der Waals surface area contributed by atoms with Crippen molar-refractivity contribution in [2.45, 2.75) is 104 Å². The normalized spacial score (nSPS) is 12.0. The van der Waals surface area contributed by atoms with Crippen molar-refractivity contribution in [2.24, 2.45) is 0 Å². The van der Waals surface area contributed by atoms with Crippen LogP contribution in [0, 0.1) is 0 Å². The van der Waals surface area contributed by atoms with Gasteiger partial charge in [-0.25, -0.2) is 0 Å². The van der Waals surface area contributed by atoms with E-state index in [2.05, 4.69) is 39.0 Å². The molecular weight excluding hydrogens is 296 g/mol. The Labute approximate surface area is 150 Å². The number of rotatable bonds is 16. The van der Waals surface area contributed by atoms with E-state index >= 15 is 0 Å². The average Bonchev–Trinajstić information content (AvgIpc) is 2.58. The van der Waals surface area contributed by atoms with Crippen molar-refractivity contribution in [3.05, 3.63) is 23.8 Å². The molecule has 0 amide bonds. The molecule has 2 nitrogen and oxygen atoms in total. The molecule has 0 aromatic carbocycles. The van der Waals surface area contributed by atoms with Crippen molar-refractivity contribution in [3.63, 3.8) is 0 Å². The molecule has 0 aromatic heterocycles. The van der Waals surface area contributed by atoms with Gasteiger partial charge >= 0.3 is 5.97 Å². The number of unbranched alkanes of at least 4 members (excludes halogenated alkanes) is 7. The van der Waals surface area contributed by atoms with Crippen molar-refractivity contribution in [3.8, 4) is 0 Å². The monoisotopic (exact) mass is 336 g/mol. The summed E-state index contributed by atoms with van der Waals surface area (Å²) in [5.74, 6) is -0.0374. The summed E-state index contributed by atoms with van der Waals surface area (Å²) < 4.78 is 5.30. The van der Waals surface area contributed by atoms with Gasteiger partial charge in [-0.3, -0.25) is 4.79 Å². The summed E-state index contributed by atoms with van der Waals surface area (Å²) in [6.45, 7) is 7.18. The molecule has 0 atom stereocenters. The minimum atomic E-state index is -0.0374. The first-order valence-corrected chi connectivity index (χ1v) is 10.3. The van der Waals surface area contributed by atoms with Crippen LogP contribution in [0.3, 0.4) is 0 Å². The molecule has 24 heavy (non-hydrogen) atoms. The topological polar surface area (TPSA) is 26.3 Å². The fraction of sp³-hybridized carbons (Fsp3) is 0.773. The van der Waals surface area contributed by atoms with E-state index in [1.54, 1.807) is 0 Å². The smallest absolute Gasteiger partial charge is 0.305 e. The summed E-state index contributed by atoms with van der Waals surface area (Å²) in [7, 11) is 0. The van der Waals surface area contributed by atoms with Crippen molar-refractivity contribution in [1.82, 2.24) is 0 Å². The van der Waals surface area contributed by atoms with Crippen LogP contribution < -0.4 is 0 Å². The van der Waals surface area contributed by atoms with E-state index in [0.717, 1.165) is 25.7 Å². The fourth-order valence-electron chi connectivity index (χ4n) is 2.55. The molecule has 0 N–H and O–H groups in total. The Balaban J connectivity index is 3.84. The lowest BCUT2D eigenvalue weighted by Gasteiger charge is -2.04. The predicted molar refractivity (Wildman–Crippen MR) is 105 cm³/mol. The van der Waals surface area contributed by atoms with Crippen LogP contribution >= 0.6 is 0 Å². The Morgan fingerprint density at radius 1 is 0.792 bits per heavy atom. The van der Waals surface area contributed by atoms with E-state index in [1.807, 2.05) is 0 Å². The summed E-state index contributed by atoms with van der Waals surface area (Å²) >= 11 is 0. The van der Waals surface area contributed by atoms with Gasteiger partial charge in [-0.15, -0.1) is 0 Å². The van der Waals surface area contributed by atoms with E-state index in [-0.39, 0.29) is 5.97 Å². The third-order valence-electron chi connectivity index (χ3n) is 4.15. The summed E-state index contributed by atoms with van der Waals surface area (Å²) in [4.78, 5) is 11.6. The second kappa shape index (κ2) is 18.3. The van der Waals surface area contributed by atoms with Gasteiger partial charge in [0.15, 0.2) is 0 Å². The molecule has 0 bridgehead atoms. The molecule has 0 spiro atoms. The highest BCUT2D eigenvalue weighted by Gasteiger charge is 2.01. The predicted octanol–water partition coefficient (Wildman–Crippen LogP) is 7.14. The van der Waals surface area contributed by atoms with E-state index < -0.39 is 0 Å². The Bertz CT molecular complexity index is 342. The maximum atomic E-state index is 11.6. The Kier molecular flexibility index (Phi) is 17.5. The SMILES string of the molecule is CCCC/C=C(/C=C/CCOC(=O)CCCCCCC)CCCC. The summed E-state index contributed by atoms with van der Waals surface area (Å²) in [6, 6.07) is 0. The average molecular weight is 337 g/mol. The summed E-state index contributed by atoms with van der Waals surface area (Å²) in [6.07, 6.45) is 21.3. The molecule has 0 saturated carbocycles. The van der Waals surface area contributed by atoms with Crippen molar-refractivity contribution in [2.75, 3.05) is 6.61 Å². The minimum Gasteiger partial charge on any atom is -0.465 e. The number of allylic oxidation sites excluding steroid dienone is 3. The van der Waals surface area contributed by atoms with Crippen LogP contribution in [-0.4, -0.2) is 12.6 Å². The molecular formula is C22H40O2. The van der Waals surface area contributed by atoms with E-state index in [0.29, 0.717) is 13.0 Å². The van der Waals surface area contributed by atoms with E-state index in [4.69, 9.17) is 4.74 Å². The molecule has 0 rings (SSSR count). The molecule has 0 aliphatic heterocycles. The summed E-state index contributed by atoms with van der Waals surface area (Å²) in [5.41, 5.74) is 1.44. The molecule has 140 valence electrons. The summed E-state index contributed by atoms with van der Waals surface area (Å²) in [5, 5.41) is 0. The highest BCUT2D eigenvalue weighted by Crippen LogP contribution is 2.12. The third-order valence-corrected chi connectivity index (χ3v) is 4.15. The van der Waals surface area contributed by atoms with Gasteiger partial charge in [0.1, 0.15) is 0 Å². The van der Waals surface area contributed by atoms with Crippen LogP contribution in [0.15, 0.2) is 23.8 Å². The van der Waals surface area contributed by atoms with Crippen LogP contribution in [0.1, 0.15) is 104 Å². The van der Waals surface area contributed by atoms with Crippen molar-refractivity contribution in [1.29, 1.82) is 0 Å². The van der Waals surface area contributed by atoms with Crippen LogP contribution in [0.25, 0.3) is 0 Å². The zero-order chi connectivity index (χ0) is 17.9. The van der Waals surface area contributed by atoms with Gasteiger partial charge in [-0.05, 0) is 32.1 Å². The van der Waals surface area contributed by atoms with Gasteiger partial charge in [0.05, 0.1) is 6.61 Å². The van der Waals surface area contributed by atoms with Crippen LogP contribution in [-0.2, 0) is 9.53 Å². The third kappa shape index (κ3) is 15.8. The van der Waals surface area contributed by atoms with Gasteiger partial charge in [0, 0.05) is 6.42 Å². The van der Waals surface area contributed by atoms with E-state index in [1.165, 1.54) is 56.9 Å². The number of hydrogen-bond acceptors (Lipinski definition) is 2. The zero-order valence-electron chi connectivity index (χ0n) is 16.4. The zero-order valence-corrected chi connectivity index (χ0v) is 16.4. The van der Waals surface area contributed by atoms with Crippen LogP contribution in [0.5, 0.6) is 0 Å². The van der Waals surface area contributed by atoms with Gasteiger partial charge in [-0.2, -0.15) is 0 Å². The van der Waals surface area contributed by atoms with Crippen LogP contribution in [0.4, 0.5) is 0 Å². The first kappa shape index (κ1) is 22.9. The molecule has 0 unspecified atom stereocenters. The van der Waals surface area contributed by atoms with Gasteiger partial charge in [0.25, 0.3) is 0 Å². The molecule has 0 radical (unpaired) electrons. The van der Waals surface area contributed by atoms with Crippen molar-refractivity contribution >= 4 is 5.97 Å². The highest BCUT2D eigenvalue weighted by molar-refractivity contribution is 5.69. The van der Waals surface area contributed by atoms with Crippen LogP contribution in [0.2, 0.25) is 0 Å². The molecule has 0 aliphatic rings. The lowest BCUT2D eigenvalue weighted by molar-refractivity contribution is -0.143.